The zero-order chi connectivity index (χ0) is 21.3. The highest BCUT2D eigenvalue weighted by molar-refractivity contribution is 7.92. The quantitative estimate of drug-likeness (QED) is 0.716. The van der Waals surface area contributed by atoms with E-state index in [-0.39, 0.29) is 17.5 Å². The number of anilines is 1. The second-order valence-corrected chi connectivity index (χ2v) is 9.41. The molecule has 0 fully saturated rings. The second kappa shape index (κ2) is 7.80. The van der Waals surface area contributed by atoms with Crippen LogP contribution in [-0.2, 0) is 26.0 Å². The first-order valence-corrected chi connectivity index (χ1v) is 10.8. The van der Waals surface area contributed by atoms with Crippen LogP contribution >= 0.6 is 0 Å². The van der Waals surface area contributed by atoms with Crippen molar-refractivity contribution in [3.63, 3.8) is 0 Å². The molecule has 0 saturated carbocycles. The highest BCUT2D eigenvalue weighted by atomic mass is 32.2. The number of carbonyl (C=O) groups is 2. The Bertz CT molecular complexity index is 935. The number of amides is 1. The highest BCUT2D eigenvalue weighted by Gasteiger charge is 2.33. The largest absolute Gasteiger partial charge is 0.452 e. The Morgan fingerprint density at radius 1 is 1.43 bits per heavy atom. The van der Waals surface area contributed by atoms with E-state index in [2.05, 4.69) is 11.4 Å². The molecular weight excluding hydrogens is 382 g/mol. The fraction of sp³-hybridized carbons (Fsp3) is 0.526. The molecule has 0 aromatic heterocycles. The van der Waals surface area contributed by atoms with E-state index < -0.39 is 34.0 Å². The van der Waals surface area contributed by atoms with Crippen LogP contribution in [0, 0.1) is 17.2 Å². The molecule has 152 valence electrons. The Balaban J connectivity index is 2.06. The topological polar surface area (TPSA) is 117 Å². The molecule has 0 spiro atoms. The molecule has 0 bridgehead atoms. The van der Waals surface area contributed by atoms with Crippen molar-refractivity contribution in [3.8, 4) is 6.07 Å². The van der Waals surface area contributed by atoms with Gasteiger partial charge < -0.3 is 10.1 Å². The van der Waals surface area contributed by atoms with E-state index in [1.165, 1.54) is 10.4 Å². The Kier molecular flexibility index (Phi) is 6.04. The Morgan fingerprint density at radius 3 is 2.61 bits per heavy atom. The van der Waals surface area contributed by atoms with Crippen molar-refractivity contribution in [2.75, 3.05) is 17.2 Å². The van der Waals surface area contributed by atoms with Crippen LogP contribution < -0.4 is 9.62 Å². The standard InChI is InChI=1S/C19H25N3O5S/c1-12(2)19(4,11-20)21-17(23)10-27-18(24)14-6-7-16-15(9-14)8-13(3)22(16)28(5,25)26/h6-7,9,12-13H,8,10H2,1-5H3,(H,21,23)/t13-,19-/m0/s1. The Morgan fingerprint density at radius 2 is 2.07 bits per heavy atom. The van der Waals surface area contributed by atoms with Crippen molar-refractivity contribution in [3.05, 3.63) is 29.3 Å². The van der Waals surface area contributed by atoms with E-state index in [4.69, 9.17) is 4.74 Å². The van der Waals surface area contributed by atoms with Crippen molar-refractivity contribution in [1.29, 1.82) is 5.26 Å². The first-order chi connectivity index (χ1) is 12.9. The minimum atomic E-state index is -3.41. The molecule has 0 aliphatic carbocycles. The maximum Gasteiger partial charge on any atom is 0.338 e. The molecule has 1 amide bonds. The SMILES string of the molecule is CC(C)[C@](C)(C#N)NC(=O)COC(=O)c1ccc2c(c1)C[C@H](C)N2S(C)(=O)=O. The zero-order valence-electron chi connectivity index (χ0n) is 16.6. The first-order valence-electron chi connectivity index (χ1n) is 8.90. The molecule has 28 heavy (non-hydrogen) atoms. The molecular formula is C19H25N3O5S. The summed E-state index contributed by atoms with van der Waals surface area (Å²) in [7, 11) is -3.41. The molecule has 9 heteroatoms. The van der Waals surface area contributed by atoms with Crippen LogP contribution in [0.1, 0.15) is 43.6 Å². The number of hydrogen-bond donors (Lipinski definition) is 1. The third-order valence-electron chi connectivity index (χ3n) is 4.95. The van der Waals surface area contributed by atoms with Gasteiger partial charge in [-0.3, -0.25) is 9.10 Å². The summed E-state index contributed by atoms with van der Waals surface area (Å²) in [4.78, 5) is 24.3. The van der Waals surface area contributed by atoms with Gasteiger partial charge in [0.25, 0.3) is 5.91 Å². The molecule has 0 unspecified atom stereocenters. The van der Waals surface area contributed by atoms with E-state index in [0.29, 0.717) is 12.1 Å². The lowest BCUT2D eigenvalue weighted by Crippen LogP contribution is -2.50. The van der Waals surface area contributed by atoms with E-state index >= 15 is 0 Å². The number of esters is 1. The maximum absolute atomic E-state index is 12.3. The minimum absolute atomic E-state index is 0.117. The van der Waals surface area contributed by atoms with Crippen LogP contribution in [0.3, 0.4) is 0 Å². The summed E-state index contributed by atoms with van der Waals surface area (Å²) < 4.78 is 30.3. The van der Waals surface area contributed by atoms with Crippen LogP contribution in [0.25, 0.3) is 0 Å². The van der Waals surface area contributed by atoms with Gasteiger partial charge >= 0.3 is 5.97 Å². The van der Waals surface area contributed by atoms with Gasteiger partial charge in [0.05, 0.1) is 23.6 Å². The van der Waals surface area contributed by atoms with E-state index in [1.807, 2.05) is 0 Å². The number of nitriles is 1. The molecule has 1 heterocycles. The third-order valence-corrected chi connectivity index (χ3v) is 6.22. The maximum atomic E-state index is 12.3. The van der Waals surface area contributed by atoms with Gasteiger partial charge in [-0.05, 0) is 49.9 Å². The average molecular weight is 407 g/mol. The zero-order valence-corrected chi connectivity index (χ0v) is 17.5. The van der Waals surface area contributed by atoms with Crippen molar-refractivity contribution in [2.45, 2.75) is 45.7 Å². The van der Waals surface area contributed by atoms with Crippen LogP contribution in [-0.4, -0.2) is 44.7 Å². The molecule has 0 saturated heterocycles. The lowest BCUT2D eigenvalue weighted by atomic mass is 9.90. The van der Waals surface area contributed by atoms with Gasteiger partial charge in [0.1, 0.15) is 5.54 Å². The van der Waals surface area contributed by atoms with E-state index in [9.17, 15) is 23.3 Å². The fourth-order valence-electron chi connectivity index (χ4n) is 3.08. The van der Waals surface area contributed by atoms with Crippen molar-refractivity contribution in [1.82, 2.24) is 5.32 Å². The molecule has 0 radical (unpaired) electrons. The van der Waals surface area contributed by atoms with Gasteiger partial charge in [-0.15, -0.1) is 0 Å². The summed E-state index contributed by atoms with van der Waals surface area (Å²) in [6.07, 6.45) is 1.63. The summed E-state index contributed by atoms with van der Waals surface area (Å²) in [6.45, 7) is 6.50. The molecule has 1 aromatic rings. The van der Waals surface area contributed by atoms with Gasteiger partial charge in [0, 0.05) is 6.04 Å². The molecule has 1 aromatic carbocycles. The van der Waals surface area contributed by atoms with Crippen molar-refractivity contribution >= 4 is 27.6 Å². The summed E-state index contributed by atoms with van der Waals surface area (Å²) in [5.74, 6) is -1.37. The van der Waals surface area contributed by atoms with Gasteiger partial charge in [0.2, 0.25) is 10.0 Å². The number of nitrogens with zero attached hydrogens (tertiary/aromatic N) is 2. The number of hydrogen-bond acceptors (Lipinski definition) is 6. The van der Waals surface area contributed by atoms with Gasteiger partial charge in [-0.25, -0.2) is 13.2 Å². The van der Waals surface area contributed by atoms with Crippen LogP contribution in [0.4, 0.5) is 5.69 Å². The number of fused-ring (bicyclic) bond motifs is 1. The third kappa shape index (κ3) is 4.44. The first kappa shape index (κ1) is 21.7. The lowest BCUT2D eigenvalue weighted by Gasteiger charge is -2.27. The van der Waals surface area contributed by atoms with E-state index in [1.54, 1.807) is 39.8 Å². The minimum Gasteiger partial charge on any atom is -0.452 e. The van der Waals surface area contributed by atoms with Gasteiger partial charge in [-0.2, -0.15) is 5.26 Å². The normalized spacial score (nSPS) is 18.2. The summed E-state index contributed by atoms with van der Waals surface area (Å²) in [5.41, 5.74) is 0.461. The van der Waals surface area contributed by atoms with Crippen molar-refractivity contribution in [2.24, 2.45) is 5.92 Å². The summed E-state index contributed by atoms with van der Waals surface area (Å²) in [6, 6.07) is 6.45. The monoisotopic (exact) mass is 407 g/mol. The smallest absolute Gasteiger partial charge is 0.338 e. The van der Waals surface area contributed by atoms with Crippen LogP contribution in [0.15, 0.2) is 18.2 Å². The number of sulfonamides is 1. The molecule has 1 N–H and O–H groups in total. The number of ether oxygens (including phenoxy) is 1. The summed E-state index contributed by atoms with van der Waals surface area (Å²) >= 11 is 0. The van der Waals surface area contributed by atoms with Crippen molar-refractivity contribution < 1.29 is 22.7 Å². The van der Waals surface area contributed by atoms with E-state index in [0.717, 1.165) is 11.8 Å². The Labute approximate surface area is 165 Å². The molecule has 8 nitrogen and oxygen atoms in total. The molecule has 2 rings (SSSR count). The predicted molar refractivity (Wildman–Crippen MR) is 104 cm³/mol. The number of carbonyl (C=O) groups excluding carboxylic acids is 2. The molecule has 2 atom stereocenters. The number of benzene rings is 1. The highest BCUT2D eigenvalue weighted by Crippen LogP contribution is 2.34. The molecule has 1 aliphatic heterocycles. The lowest BCUT2D eigenvalue weighted by molar-refractivity contribution is -0.125. The van der Waals surface area contributed by atoms with Gasteiger partial charge in [0.15, 0.2) is 6.61 Å². The fourth-order valence-corrected chi connectivity index (χ4v) is 4.34. The van der Waals surface area contributed by atoms with Crippen LogP contribution in [0.5, 0.6) is 0 Å². The molecule has 1 aliphatic rings. The summed E-state index contributed by atoms with van der Waals surface area (Å²) in [5, 5.41) is 11.8. The number of nitrogens with one attached hydrogen (secondary N) is 1. The number of rotatable bonds is 6. The second-order valence-electron chi connectivity index (χ2n) is 7.55. The predicted octanol–water partition coefficient (Wildman–Crippen LogP) is 1.61. The Hall–Kier alpha value is -2.60. The average Bonchev–Trinajstić information content (AvgIpc) is 2.94. The van der Waals surface area contributed by atoms with Crippen LogP contribution in [0.2, 0.25) is 0 Å². The van der Waals surface area contributed by atoms with Gasteiger partial charge in [-0.1, -0.05) is 13.8 Å².